The lowest BCUT2D eigenvalue weighted by molar-refractivity contribution is -0.122. The van der Waals surface area contributed by atoms with E-state index in [1.165, 1.54) is 11.3 Å². The SMILES string of the molecule is Cc1cccc(N2CCN(c3cc(C(=O)O)c4cc(NC(=O)C5CCC5)ccc4n3)CC2)c1. The van der Waals surface area contributed by atoms with Crippen LogP contribution in [0.1, 0.15) is 35.2 Å². The Bertz CT molecular complexity index is 1210. The number of aromatic nitrogens is 1. The number of pyridine rings is 1. The van der Waals surface area contributed by atoms with Crippen molar-refractivity contribution in [2.24, 2.45) is 5.92 Å². The number of nitrogens with one attached hydrogen (secondary N) is 1. The van der Waals surface area contributed by atoms with Gasteiger partial charge in [-0.25, -0.2) is 9.78 Å². The van der Waals surface area contributed by atoms with Crippen LogP contribution in [0.3, 0.4) is 0 Å². The molecular weight excluding hydrogens is 416 g/mol. The van der Waals surface area contributed by atoms with Crippen LogP contribution in [0.25, 0.3) is 10.9 Å². The van der Waals surface area contributed by atoms with Gasteiger partial charge in [-0.1, -0.05) is 18.6 Å². The van der Waals surface area contributed by atoms with Crippen LogP contribution in [0.5, 0.6) is 0 Å². The molecule has 1 saturated heterocycles. The molecule has 0 radical (unpaired) electrons. The fourth-order valence-corrected chi connectivity index (χ4v) is 4.56. The second-order valence-corrected chi connectivity index (χ2v) is 9.00. The van der Waals surface area contributed by atoms with Gasteiger partial charge in [-0.3, -0.25) is 4.79 Å². The van der Waals surface area contributed by atoms with Crippen LogP contribution >= 0.6 is 0 Å². The van der Waals surface area contributed by atoms with Crippen molar-refractivity contribution in [2.45, 2.75) is 26.2 Å². The van der Waals surface area contributed by atoms with Gasteiger partial charge in [-0.05, 0) is 61.7 Å². The predicted molar refractivity (Wildman–Crippen MR) is 130 cm³/mol. The van der Waals surface area contributed by atoms with E-state index in [-0.39, 0.29) is 17.4 Å². The van der Waals surface area contributed by atoms with Crippen LogP contribution in [-0.2, 0) is 4.79 Å². The summed E-state index contributed by atoms with van der Waals surface area (Å²) >= 11 is 0. The lowest BCUT2D eigenvalue weighted by Gasteiger charge is -2.37. The lowest BCUT2D eigenvalue weighted by atomic mass is 9.85. The third-order valence-electron chi connectivity index (χ3n) is 6.74. The van der Waals surface area contributed by atoms with Gasteiger partial charge >= 0.3 is 5.97 Å². The minimum absolute atomic E-state index is 0.00790. The molecule has 2 aliphatic rings. The van der Waals surface area contributed by atoms with E-state index >= 15 is 0 Å². The molecule has 2 fully saturated rings. The highest BCUT2D eigenvalue weighted by Crippen LogP contribution is 2.30. The van der Waals surface area contributed by atoms with Gasteiger partial charge in [0.05, 0.1) is 11.1 Å². The topological polar surface area (TPSA) is 85.8 Å². The summed E-state index contributed by atoms with van der Waals surface area (Å²) in [6.45, 7) is 5.31. The van der Waals surface area contributed by atoms with Crippen LogP contribution in [0.15, 0.2) is 48.5 Å². The van der Waals surface area contributed by atoms with Crippen molar-refractivity contribution < 1.29 is 14.7 Å². The lowest BCUT2D eigenvalue weighted by Crippen LogP contribution is -2.46. The Morgan fingerprint density at radius 1 is 1.00 bits per heavy atom. The molecule has 5 rings (SSSR count). The summed E-state index contributed by atoms with van der Waals surface area (Å²) in [6, 6.07) is 15.5. The van der Waals surface area contributed by atoms with Crippen molar-refractivity contribution in [1.82, 2.24) is 4.98 Å². The van der Waals surface area contributed by atoms with Gasteiger partial charge in [0.2, 0.25) is 5.91 Å². The number of carbonyl (C=O) groups excluding carboxylic acids is 1. The number of piperazine rings is 1. The van der Waals surface area contributed by atoms with E-state index in [1.54, 1.807) is 24.3 Å². The minimum Gasteiger partial charge on any atom is -0.478 e. The monoisotopic (exact) mass is 444 g/mol. The number of benzene rings is 2. The van der Waals surface area contributed by atoms with Crippen LogP contribution in [0.2, 0.25) is 0 Å². The molecule has 0 spiro atoms. The van der Waals surface area contributed by atoms with Crippen molar-refractivity contribution in [3.8, 4) is 0 Å². The minimum atomic E-state index is -0.996. The second-order valence-electron chi connectivity index (χ2n) is 9.00. The van der Waals surface area contributed by atoms with Gasteiger partial charge in [0.15, 0.2) is 0 Å². The molecule has 7 nitrogen and oxygen atoms in total. The molecule has 1 saturated carbocycles. The van der Waals surface area contributed by atoms with Crippen molar-refractivity contribution >= 4 is 40.0 Å². The average molecular weight is 445 g/mol. The van der Waals surface area contributed by atoms with Gasteiger partial charge in [0.25, 0.3) is 0 Å². The van der Waals surface area contributed by atoms with E-state index in [2.05, 4.69) is 46.3 Å². The van der Waals surface area contributed by atoms with E-state index in [4.69, 9.17) is 4.98 Å². The fourth-order valence-electron chi connectivity index (χ4n) is 4.56. The number of aryl methyl sites for hydroxylation is 1. The number of carboxylic acids is 1. The van der Waals surface area contributed by atoms with Crippen molar-refractivity contribution in [3.05, 3.63) is 59.7 Å². The van der Waals surface area contributed by atoms with Gasteiger partial charge in [0, 0.05) is 48.9 Å². The first kappa shape index (κ1) is 21.2. The largest absolute Gasteiger partial charge is 0.478 e. The summed E-state index contributed by atoms with van der Waals surface area (Å²) < 4.78 is 0. The maximum Gasteiger partial charge on any atom is 0.336 e. The molecule has 170 valence electrons. The summed E-state index contributed by atoms with van der Waals surface area (Å²) in [6.07, 6.45) is 2.93. The zero-order chi connectivity index (χ0) is 22.9. The van der Waals surface area contributed by atoms with Crippen LogP contribution in [0.4, 0.5) is 17.2 Å². The Morgan fingerprint density at radius 2 is 1.76 bits per heavy atom. The standard InChI is InChI=1S/C26H28N4O3/c1-17-4-2-7-20(14-17)29-10-12-30(13-11-29)24-16-22(26(32)33)21-15-19(8-9-23(21)28-24)27-25(31)18-5-3-6-18/h2,4,7-9,14-16,18H,3,5-6,10-13H2,1H3,(H,27,31)(H,32,33). The highest BCUT2D eigenvalue weighted by atomic mass is 16.4. The number of fused-ring (bicyclic) bond motifs is 1. The highest BCUT2D eigenvalue weighted by Gasteiger charge is 2.26. The number of carboxylic acid groups (broad SMARTS) is 1. The first-order valence-corrected chi connectivity index (χ1v) is 11.5. The maximum absolute atomic E-state index is 12.3. The average Bonchev–Trinajstić information content (AvgIpc) is 2.77. The molecule has 3 aromatic rings. The molecule has 0 atom stereocenters. The second kappa shape index (κ2) is 8.73. The summed E-state index contributed by atoms with van der Waals surface area (Å²) in [7, 11) is 0. The van der Waals surface area contributed by atoms with Gasteiger partial charge in [-0.2, -0.15) is 0 Å². The Labute approximate surface area is 193 Å². The van der Waals surface area contributed by atoms with Gasteiger partial charge in [0.1, 0.15) is 5.82 Å². The van der Waals surface area contributed by atoms with Gasteiger partial charge < -0.3 is 20.2 Å². The van der Waals surface area contributed by atoms with E-state index in [0.29, 0.717) is 22.4 Å². The molecule has 33 heavy (non-hydrogen) atoms. The number of amides is 1. The third kappa shape index (κ3) is 4.35. The zero-order valence-corrected chi connectivity index (χ0v) is 18.8. The first-order chi connectivity index (χ1) is 16.0. The van der Waals surface area contributed by atoms with Crippen LogP contribution in [-0.4, -0.2) is 48.1 Å². The summed E-state index contributed by atoms with van der Waals surface area (Å²) in [5.74, 6) is -0.244. The molecule has 1 aliphatic heterocycles. The van der Waals surface area contributed by atoms with Crippen molar-refractivity contribution in [1.29, 1.82) is 0 Å². The Kier molecular flexibility index (Phi) is 5.62. The molecular formula is C26H28N4O3. The quantitative estimate of drug-likeness (QED) is 0.610. The maximum atomic E-state index is 12.3. The number of carbonyl (C=O) groups is 2. The number of hydrogen-bond donors (Lipinski definition) is 2. The summed E-state index contributed by atoms with van der Waals surface area (Å²) in [5.41, 5.74) is 3.89. The number of rotatable bonds is 5. The smallest absolute Gasteiger partial charge is 0.336 e. The molecule has 2 aromatic carbocycles. The van der Waals surface area contributed by atoms with E-state index in [1.807, 2.05) is 0 Å². The summed E-state index contributed by atoms with van der Waals surface area (Å²) in [4.78, 5) is 33.6. The number of anilines is 3. The zero-order valence-electron chi connectivity index (χ0n) is 18.8. The number of nitrogens with zero attached hydrogens (tertiary/aromatic N) is 3. The molecule has 2 heterocycles. The van der Waals surface area contributed by atoms with E-state index in [0.717, 1.165) is 45.4 Å². The summed E-state index contributed by atoms with van der Waals surface area (Å²) in [5, 5.41) is 13.4. The molecule has 2 N–H and O–H groups in total. The Balaban J connectivity index is 1.37. The molecule has 0 bridgehead atoms. The molecule has 1 aliphatic carbocycles. The first-order valence-electron chi connectivity index (χ1n) is 11.5. The van der Waals surface area contributed by atoms with E-state index < -0.39 is 5.97 Å². The molecule has 1 aromatic heterocycles. The van der Waals surface area contributed by atoms with Crippen molar-refractivity contribution in [3.63, 3.8) is 0 Å². The molecule has 1 amide bonds. The predicted octanol–water partition coefficient (Wildman–Crippen LogP) is 4.31. The van der Waals surface area contributed by atoms with Crippen molar-refractivity contribution in [2.75, 3.05) is 41.3 Å². The number of aromatic carboxylic acids is 1. The Hall–Kier alpha value is -3.61. The molecule has 0 unspecified atom stereocenters. The highest BCUT2D eigenvalue weighted by molar-refractivity contribution is 6.05. The molecule has 7 heteroatoms. The third-order valence-corrected chi connectivity index (χ3v) is 6.74. The number of hydrogen-bond acceptors (Lipinski definition) is 5. The van der Waals surface area contributed by atoms with Crippen LogP contribution in [0, 0.1) is 12.8 Å². The normalized spacial score (nSPS) is 16.5. The van der Waals surface area contributed by atoms with Gasteiger partial charge in [-0.15, -0.1) is 0 Å². The van der Waals surface area contributed by atoms with Crippen LogP contribution < -0.4 is 15.1 Å². The fraction of sp³-hybridized carbons (Fsp3) is 0.346. The van der Waals surface area contributed by atoms with E-state index in [9.17, 15) is 14.7 Å². The Morgan fingerprint density at radius 3 is 2.42 bits per heavy atom.